The molecule has 5 heteroatoms. The van der Waals surface area contributed by atoms with Gasteiger partial charge in [-0.1, -0.05) is 11.6 Å². The Labute approximate surface area is 115 Å². The van der Waals surface area contributed by atoms with Crippen molar-refractivity contribution >= 4 is 11.6 Å². The Balaban J connectivity index is 2.06. The van der Waals surface area contributed by atoms with Crippen molar-refractivity contribution in [2.75, 3.05) is 0 Å². The predicted molar refractivity (Wildman–Crippen MR) is 71.2 cm³/mol. The standard InChI is InChI=1S/C14H12ClN3O/c15-14-12(8-19)13(10-3-4-10)17-18(14)11-5-1-9(7-16)2-6-11/h1-2,5-6,10,19H,3-4,8H2. The van der Waals surface area contributed by atoms with Crippen LogP contribution < -0.4 is 0 Å². The zero-order chi connectivity index (χ0) is 13.4. The maximum atomic E-state index is 9.44. The first-order valence-electron chi connectivity index (χ1n) is 6.13. The fourth-order valence-corrected chi connectivity index (χ4v) is 2.42. The molecule has 1 N–H and O–H groups in total. The highest BCUT2D eigenvalue weighted by Crippen LogP contribution is 2.43. The summed E-state index contributed by atoms with van der Waals surface area (Å²) in [5.41, 5.74) is 3.01. The Morgan fingerprint density at radius 1 is 1.37 bits per heavy atom. The number of halogens is 1. The van der Waals surface area contributed by atoms with Crippen LogP contribution >= 0.6 is 11.6 Å². The van der Waals surface area contributed by atoms with E-state index in [-0.39, 0.29) is 6.61 Å². The van der Waals surface area contributed by atoms with Crippen molar-refractivity contribution in [3.8, 4) is 11.8 Å². The summed E-state index contributed by atoms with van der Waals surface area (Å²) in [5.74, 6) is 0.430. The van der Waals surface area contributed by atoms with Crippen molar-refractivity contribution < 1.29 is 5.11 Å². The smallest absolute Gasteiger partial charge is 0.138 e. The Morgan fingerprint density at radius 2 is 2.05 bits per heavy atom. The molecule has 0 spiro atoms. The minimum atomic E-state index is -0.0963. The van der Waals surface area contributed by atoms with E-state index in [1.165, 1.54) is 0 Å². The molecule has 1 saturated carbocycles. The summed E-state index contributed by atoms with van der Waals surface area (Å²) < 4.78 is 1.63. The Kier molecular flexibility index (Phi) is 3.02. The molecule has 1 aromatic heterocycles. The van der Waals surface area contributed by atoms with E-state index in [9.17, 15) is 5.11 Å². The quantitative estimate of drug-likeness (QED) is 0.935. The second-order valence-electron chi connectivity index (χ2n) is 4.66. The van der Waals surface area contributed by atoms with Crippen molar-refractivity contribution in [2.45, 2.75) is 25.4 Å². The number of hydrogen-bond donors (Lipinski definition) is 1. The third-order valence-corrected chi connectivity index (χ3v) is 3.70. The lowest BCUT2D eigenvalue weighted by Gasteiger charge is -2.02. The van der Waals surface area contributed by atoms with Crippen molar-refractivity contribution in [2.24, 2.45) is 0 Å². The van der Waals surface area contributed by atoms with E-state index in [1.54, 1.807) is 28.9 Å². The molecule has 3 rings (SSSR count). The molecule has 1 fully saturated rings. The average molecular weight is 274 g/mol. The van der Waals surface area contributed by atoms with Gasteiger partial charge in [-0.3, -0.25) is 0 Å². The lowest BCUT2D eigenvalue weighted by Crippen LogP contribution is -1.97. The van der Waals surface area contributed by atoms with E-state index in [1.807, 2.05) is 0 Å². The summed E-state index contributed by atoms with van der Waals surface area (Å²) >= 11 is 6.29. The van der Waals surface area contributed by atoms with E-state index in [0.717, 1.165) is 24.2 Å². The first kappa shape index (κ1) is 12.2. The van der Waals surface area contributed by atoms with Gasteiger partial charge in [0, 0.05) is 11.5 Å². The van der Waals surface area contributed by atoms with E-state index >= 15 is 0 Å². The van der Waals surface area contributed by atoms with Gasteiger partial charge in [0.15, 0.2) is 0 Å². The minimum Gasteiger partial charge on any atom is -0.391 e. The van der Waals surface area contributed by atoms with Crippen LogP contribution in [0.15, 0.2) is 24.3 Å². The van der Waals surface area contributed by atoms with Crippen LogP contribution in [0.4, 0.5) is 0 Å². The van der Waals surface area contributed by atoms with Crippen LogP contribution in [0.25, 0.3) is 5.69 Å². The SMILES string of the molecule is N#Cc1ccc(-n2nc(C3CC3)c(CO)c2Cl)cc1. The van der Waals surface area contributed by atoms with Crippen molar-refractivity contribution in [3.05, 3.63) is 46.2 Å². The number of nitrogens with zero attached hydrogens (tertiary/aromatic N) is 3. The van der Waals surface area contributed by atoms with Gasteiger partial charge in [0.05, 0.1) is 29.6 Å². The maximum absolute atomic E-state index is 9.44. The highest BCUT2D eigenvalue weighted by Gasteiger charge is 2.31. The van der Waals surface area contributed by atoms with Crippen LogP contribution in [-0.2, 0) is 6.61 Å². The first-order valence-corrected chi connectivity index (χ1v) is 6.51. The van der Waals surface area contributed by atoms with E-state index < -0.39 is 0 Å². The largest absolute Gasteiger partial charge is 0.391 e. The van der Waals surface area contributed by atoms with E-state index in [0.29, 0.717) is 22.2 Å². The minimum absolute atomic E-state index is 0.0963. The zero-order valence-electron chi connectivity index (χ0n) is 10.2. The van der Waals surface area contributed by atoms with Crippen LogP contribution in [-0.4, -0.2) is 14.9 Å². The van der Waals surface area contributed by atoms with Gasteiger partial charge in [-0.25, -0.2) is 4.68 Å². The number of benzene rings is 1. The molecule has 96 valence electrons. The molecule has 0 radical (unpaired) electrons. The second kappa shape index (κ2) is 4.69. The van der Waals surface area contributed by atoms with Crippen LogP contribution in [0.3, 0.4) is 0 Å². The maximum Gasteiger partial charge on any atom is 0.138 e. The van der Waals surface area contributed by atoms with Gasteiger partial charge in [-0.15, -0.1) is 0 Å². The third-order valence-electron chi connectivity index (χ3n) is 3.32. The molecular formula is C14H12ClN3O. The predicted octanol–water partition coefficient (Wildman–Crippen LogP) is 2.77. The van der Waals surface area contributed by atoms with Gasteiger partial charge in [0.1, 0.15) is 5.15 Å². The highest BCUT2D eigenvalue weighted by molar-refractivity contribution is 6.30. The molecule has 0 atom stereocenters. The molecule has 4 nitrogen and oxygen atoms in total. The molecule has 0 amide bonds. The molecule has 1 heterocycles. The summed E-state index contributed by atoms with van der Waals surface area (Å²) in [6.07, 6.45) is 2.21. The third kappa shape index (κ3) is 2.12. The molecule has 0 saturated heterocycles. The Bertz CT molecular complexity index is 651. The van der Waals surface area contributed by atoms with Gasteiger partial charge in [-0.05, 0) is 37.1 Å². The zero-order valence-corrected chi connectivity index (χ0v) is 10.9. The van der Waals surface area contributed by atoms with Gasteiger partial charge >= 0.3 is 0 Å². The number of aromatic nitrogens is 2. The van der Waals surface area contributed by atoms with Crippen molar-refractivity contribution in [1.29, 1.82) is 5.26 Å². The second-order valence-corrected chi connectivity index (χ2v) is 5.02. The fraction of sp³-hybridized carbons (Fsp3) is 0.286. The molecule has 19 heavy (non-hydrogen) atoms. The Hall–Kier alpha value is -1.83. The molecule has 1 aromatic carbocycles. The summed E-state index contributed by atoms with van der Waals surface area (Å²) in [6.45, 7) is -0.0963. The molecular weight excluding hydrogens is 262 g/mol. The summed E-state index contributed by atoms with van der Waals surface area (Å²) in [7, 11) is 0. The summed E-state index contributed by atoms with van der Waals surface area (Å²) in [6, 6.07) is 9.13. The van der Waals surface area contributed by atoms with E-state index in [2.05, 4.69) is 11.2 Å². The number of hydrogen-bond acceptors (Lipinski definition) is 3. The number of aliphatic hydroxyl groups excluding tert-OH is 1. The average Bonchev–Trinajstić information content (AvgIpc) is 3.23. The molecule has 1 aliphatic carbocycles. The van der Waals surface area contributed by atoms with Gasteiger partial charge in [0.2, 0.25) is 0 Å². The van der Waals surface area contributed by atoms with Gasteiger partial charge in [-0.2, -0.15) is 10.4 Å². The molecule has 0 unspecified atom stereocenters. The monoisotopic (exact) mass is 273 g/mol. The first-order chi connectivity index (χ1) is 9.24. The number of nitriles is 1. The summed E-state index contributed by atoms with van der Waals surface area (Å²) in [5, 5.41) is 23.2. The number of rotatable bonds is 3. The summed E-state index contributed by atoms with van der Waals surface area (Å²) in [4.78, 5) is 0. The van der Waals surface area contributed by atoms with Gasteiger partial charge < -0.3 is 5.11 Å². The number of aliphatic hydroxyl groups is 1. The lowest BCUT2D eigenvalue weighted by molar-refractivity contribution is 0.280. The normalized spacial score (nSPS) is 14.4. The topological polar surface area (TPSA) is 61.8 Å². The van der Waals surface area contributed by atoms with E-state index in [4.69, 9.17) is 16.9 Å². The van der Waals surface area contributed by atoms with Gasteiger partial charge in [0.25, 0.3) is 0 Å². The van der Waals surface area contributed by atoms with Crippen LogP contribution in [0.1, 0.15) is 35.6 Å². The van der Waals surface area contributed by atoms with Crippen LogP contribution in [0.5, 0.6) is 0 Å². The Morgan fingerprint density at radius 3 is 2.58 bits per heavy atom. The lowest BCUT2D eigenvalue weighted by atomic mass is 10.2. The molecule has 2 aromatic rings. The van der Waals surface area contributed by atoms with Crippen LogP contribution in [0.2, 0.25) is 5.15 Å². The molecule has 1 aliphatic rings. The molecule has 0 aliphatic heterocycles. The highest BCUT2D eigenvalue weighted by atomic mass is 35.5. The molecule has 0 bridgehead atoms. The van der Waals surface area contributed by atoms with Crippen molar-refractivity contribution in [3.63, 3.8) is 0 Å². The van der Waals surface area contributed by atoms with Crippen molar-refractivity contribution in [1.82, 2.24) is 9.78 Å². The van der Waals surface area contributed by atoms with Crippen LogP contribution in [0, 0.1) is 11.3 Å². The fourth-order valence-electron chi connectivity index (χ4n) is 2.12.